The number of anilines is 2. The topological polar surface area (TPSA) is 72.3 Å². The standard InChI is InChI=1S/C12H12N2.C7H8O/c13-11-5-1-9(2-6-11)10-3-7-12(14)8-4-10;1-6-4-2-3-5-7(6)8/h1-8H,13-14H2;2-5,8H,1H3. The summed E-state index contributed by atoms with van der Waals surface area (Å²) in [5.41, 5.74) is 16.0. The van der Waals surface area contributed by atoms with Crippen molar-refractivity contribution in [3.05, 3.63) is 78.4 Å². The Kier molecular flexibility index (Phi) is 5.04. The predicted octanol–water partition coefficient (Wildman–Crippen LogP) is 4.22. The van der Waals surface area contributed by atoms with Crippen LogP contribution in [-0.2, 0) is 0 Å². The molecule has 0 saturated carbocycles. The summed E-state index contributed by atoms with van der Waals surface area (Å²) >= 11 is 0. The molecule has 112 valence electrons. The fourth-order valence-corrected chi connectivity index (χ4v) is 1.91. The molecule has 3 rings (SSSR count). The first-order valence-electron chi connectivity index (χ1n) is 7.02. The van der Waals surface area contributed by atoms with Crippen molar-refractivity contribution in [1.82, 2.24) is 0 Å². The van der Waals surface area contributed by atoms with Gasteiger partial charge in [-0.3, -0.25) is 0 Å². The van der Waals surface area contributed by atoms with Gasteiger partial charge in [0.25, 0.3) is 0 Å². The molecule has 0 unspecified atom stereocenters. The predicted molar refractivity (Wildman–Crippen MR) is 93.5 cm³/mol. The Labute approximate surface area is 130 Å². The Bertz CT molecular complexity index is 655. The summed E-state index contributed by atoms with van der Waals surface area (Å²) in [4.78, 5) is 0. The molecule has 22 heavy (non-hydrogen) atoms. The first kappa shape index (κ1) is 15.4. The molecule has 0 aliphatic heterocycles. The van der Waals surface area contributed by atoms with Gasteiger partial charge in [-0.15, -0.1) is 0 Å². The van der Waals surface area contributed by atoms with Gasteiger partial charge in [-0.25, -0.2) is 0 Å². The summed E-state index contributed by atoms with van der Waals surface area (Å²) in [7, 11) is 0. The van der Waals surface area contributed by atoms with E-state index in [1.165, 1.54) is 0 Å². The van der Waals surface area contributed by atoms with Gasteiger partial charge in [0.15, 0.2) is 0 Å². The van der Waals surface area contributed by atoms with Crippen molar-refractivity contribution in [2.24, 2.45) is 0 Å². The molecule has 0 fully saturated rings. The van der Waals surface area contributed by atoms with Crippen LogP contribution in [0.25, 0.3) is 11.1 Å². The van der Waals surface area contributed by atoms with Crippen LogP contribution in [0.1, 0.15) is 5.56 Å². The van der Waals surface area contributed by atoms with Crippen molar-refractivity contribution in [3.63, 3.8) is 0 Å². The summed E-state index contributed by atoms with van der Waals surface area (Å²) in [6, 6.07) is 22.8. The molecule has 0 aliphatic rings. The molecular formula is C19H20N2O. The van der Waals surface area contributed by atoms with E-state index in [1.807, 2.05) is 73.7 Å². The lowest BCUT2D eigenvalue weighted by Crippen LogP contribution is -1.85. The highest BCUT2D eigenvalue weighted by Crippen LogP contribution is 2.21. The number of nitrogen functional groups attached to an aromatic ring is 2. The van der Waals surface area contributed by atoms with Crippen molar-refractivity contribution in [2.75, 3.05) is 11.5 Å². The third-order valence-corrected chi connectivity index (χ3v) is 3.27. The summed E-state index contributed by atoms with van der Waals surface area (Å²) in [5.74, 6) is 0.368. The third kappa shape index (κ3) is 4.28. The van der Waals surface area contributed by atoms with Crippen molar-refractivity contribution >= 4 is 11.4 Å². The number of para-hydroxylation sites is 1. The number of phenolic OH excluding ortho intramolecular Hbond substituents is 1. The van der Waals surface area contributed by atoms with Crippen LogP contribution in [0.2, 0.25) is 0 Å². The SMILES string of the molecule is Cc1ccccc1O.Nc1ccc(-c2ccc(N)cc2)cc1. The van der Waals surface area contributed by atoms with Gasteiger partial charge in [0, 0.05) is 11.4 Å². The Balaban J connectivity index is 0.000000188. The summed E-state index contributed by atoms with van der Waals surface area (Å²) < 4.78 is 0. The van der Waals surface area contributed by atoms with E-state index in [4.69, 9.17) is 16.6 Å². The van der Waals surface area contributed by atoms with Crippen LogP contribution in [0.15, 0.2) is 72.8 Å². The summed E-state index contributed by atoms with van der Waals surface area (Å²) in [5, 5.41) is 8.92. The minimum Gasteiger partial charge on any atom is -0.508 e. The minimum atomic E-state index is 0.368. The quantitative estimate of drug-likeness (QED) is 0.588. The summed E-state index contributed by atoms with van der Waals surface area (Å²) in [6.45, 7) is 1.87. The van der Waals surface area contributed by atoms with Crippen molar-refractivity contribution in [1.29, 1.82) is 0 Å². The molecule has 0 radical (unpaired) electrons. The van der Waals surface area contributed by atoms with Gasteiger partial charge >= 0.3 is 0 Å². The highest BCUT2D eigenvalue weighted by Gasteiger charge is 1.95. The minimum absolute atomic E-state index is 0.368. The molecule has 3 nitrogen and oxygen atoms in total. The van der Waals surface area contributed by atoms with E-state index in [9.17, 15) is 0 Å². The van der Waals surface area contributed by atoms with E-state index >= 15 is 0 Å². The molecule has 0 bridgehead atoms. The van der Waals surface area contributed by atoms with E-state index in [0.29, 0.717) is 5.75 Å². The summed E-state index contributed by atoms with van der Waals surface area (Å²) in [6.07, 6.45) is 0. The van der Waals surface area contributed by atoms with Crippen molar-refractivity contribution in [3.8, 4) is 16.9 Å². The van der Waals surface area contributed by atoms with Crippen LogP contribution in [-0.4, -0.2) is 5.11 Å². The second kappa shape index (κ2) is 7.18. The molecular weight excluding hydrogens is 272 g/mol. The Hall–Kier alpha value is -2.94. The van der Waals surface area contributed by atoms with Gasteiger partial charge in [0.2, 0.25) is 0 Å². The van der Waals surface area contributed by atoms with Gasteiger partial charge in [0.1, 0.15) is 5.75 Å². The Morgan fingerprint density at radius 1 is 0.636 bits per heavy atom. The molecule has 0 amide bonds. The van der Waals surface area contributed by atoms with Gasteiger partial charge in [-0.05, 0) is 53.9 Å². The van der Waals surface area contributed by atoms with Gasteiger partial charge in [-0.1, -0.05) is 42.5 Å². The van der Waals surface area contributed by atoms with E-state index in [2.05, 4.69) is 0 Å². The van der Waals surface area contributed by atoms with E-state index in [1.54, 1.807) is 6.07 Å². The van der Waals surface area contributed by atoms with E-state index in [0.717, 1.165) is 28.1 Å². The molecule has 3 aromatic carbocycles. The highest BCUT2D eigenvalue weighted by molar-refractivity contribution is 5.67. The normalized spacial score (nSPS) is 9.68. The number of aromatic hydroxyl groups is 1. The molecule has 0 atom stereocenters. The largest absolute Gasteiger partial charge is 0.508 e. The van der Waals surface area contributed by atoms with Gasteiger partial charge in [0.05, 0.1) is 0 Å². The zero-order chi connectivity index (χ0) is 15.9. The van der Waals surface area contributed by atoms with Crippen LogP contribution >= 0.6 is 0 Å². The Morgan fingerprint density at radius 3 is 1.36 bits per heavy atom. The van der Waals surface area contributed by atoms with Crippen molar-refractivity contribution < 1.29 is 5.11 Å². The van der Waals surface area contributed by atoms with Crippen LogP contribution in [0.5, 0.6) is 5.75 Å². The lowest BCUT2D eigenvalue weighted by molar-refractivity contribution is 0.471. The third-order valence-electron chi connectivity index (χ3n) is 3.27. The number of phenols is 1. The highest BCUT2D eigenvalue weighted by atomic mass is 16.3. The zero-order valence-electron chi connectivity index (χ0n) is 12.5. The molecule has 0 heterocycles. The lowest BCUT2D eigenvalue weighted by atomic mass is 10.1. The molecule has 3 heteroatoms. The molecule has 0 aromatic heterocycles. The zero-order valence-corrected chi connectivity index (χ0v) is 12.5. The fraction of sp³-hybridized carbons (Fsp3) is 0.0526. The molecule has 0 saturated heterocycles. The number of hydrogen-bond acceptors (Lipinski definition) is 3. The number of rotatable bonds is 1. The Morgan fingerprint density at radius 2 is 1.05 bits per heavy atom. The number of aryl methyl sites for hydroxylation is 1. The van der Waals surface area contributed by atoms with Gasteiger partial charge in [-0.2, -0.15) is 0 Å². The molecule has 5 N–H and O–H groups in total. The van der Waals surface area contributed by atoms with E-state index in [-0.39, 0.29) is 0 Å². The molecule has 0 spiro atoms. The number of nitrogens with two attached hydrogens (primary N) is 2. The molecule has 0 aliphatic carbocycles. The van der Waals surface area contributed by atoms with Crippen LogP contribution in [0.3, 0.4) is 0 Å². The number of hydrogen-bond donors (Lipinski definition) is 3. The average Bonchev–Trinajstić information content (AvgIpc) is 2.53. The smallest absolute Gasteiger partial charge is 0.118 e. The maximum Gasteiger partial charge on any atom is 0.118 e. The van der Waals surface area contributed by atoms with E-state index < -0.39 is 0 Å². The van der Waals surface area contributed by atoms with Crippen molar-refractivity contribution in [2.45, 2.75) is 6.92 Å². The maximum absolute atomic E-state index is 8.92. The average molecular weight is 292 g/mol. The lowest BCUT2D eigenvalue weighted by Gasteiger charge is -2.02. The molecule has 3 aromatic rings. The van der Waals surface area contributed by atoms with Crippen LogP contribution < -0.4 is 11.5 Å². The second-order valence-corrected chi connectivity index (χ2v) is 5.03. The fourth-order valence-electron chi connectivity index (χ4n) is 1.91. The number of benzene rings is 3. The van der Waals surface area contributed by atoms with Crippen LogP contribution in [0, 0.1) is 6.92 Å². The van der Waals surface area contributed by atoms with Gasteiger partial charge < -0.3 is 16.6 Å². The first-order chi connectivity index (χ1) is 10.6. The van der Waals surface area contributed by atoms with Crippen LogP contribution in [0.4, 0.5) is 11.4 Å². The first-order valence-corrected chi connectivity index (χ1v) is 7.02. The second-order valence-electron chi connectivity index (χ2n) is 5.03. The maximum atomic E-state index is 8.92. The monoisotopic (exact) mass is 292 g/mol.